The molecular weight excluding hydrogens is 402 g/mol. The maximum Gasteiger partial charge on any atom is 0.409 e. The predicted octanol–water partition coefficient (Wildman–Crippen LogP) is 0.768. The number of nitrogen functional groups attached to an aromatic ring is 1. The van der Waals surface area contributed by atoms with Crippen molar-refractivity contribution in [1.29, 1.82) is 0 Å². The fourth-order valence-electron chi connectivity index (χ4n) is 3.51. The number of aromatic nitrogens is 2. The smallest absolute Gasteiger partial charge is 0.409 e. The summed E-state index contributed by atoms with van der Waals surface area (Å²) in [5, 5.41) is 0. The van der Waals surface area contributed by atoms with Crippen LogP contribution in [-0.4, -0.2) is 70.1 Å². The molecule has 1 aromatic rings. The molecule has 10 nitrogen and oxygen atoms in total. The molecule has 1 amide bonds. The van der Waals surface area contributed by atoms with E-state index >= 15 is 0 Å². The fraction of sp³-hybridized carbons (Fsp3) is 0.714. The van der Waals surface area contributed by atoms with Gasteiger partial charge in [-0.2, -0.15) is 0 Å². The number of carbonyl (C=O) groups is 2. The van der Waals surface area contributed by atoms with E-state index in [-0.39, 0.29) is 35.9 Å². The number of hydrogen-bond acceptors (Lipinski definition) is 7. The van der Waals surface area contributed by atoms with Crippen LogP contribution in [0.4, 0.5) is 10.6 Å². The van der Waals surface area contributed by atoms with E-state index in [1.165, 1.54) is 11.6 Å². The van der Waals surface area contributed by atoms with Crippen molar-refractivity contribution in [3.63, 3.8) is 0 Å². The lowest BCUT2D eigenvalue weighted by Gasteiger charge is -2.22. The summed E-state index contributed by atoms with van der Waals surface area (Å²) in [6, 6.07) is 0. The Hall–Kier alpha value is -2.62. The van der Waals surface area contributed by atoms with Gasteiger partial charge < -0.3 is 15.4 Å². The monoisotopic (exact) mass is 437 g/mol. The van der Waals surface area contributed by atoms with E-state index in [1.54, 1.807) is 4.90 Å². The summed E-state index contributed by atoms with van der Waals surface area (Å²) in [5.41, 5.74) is 4.74. The van der Waals surface area contributed by atoms with Gasteiger partial charge in [0, 0.05) is 39.8 Å². The molecule has 0 radical (unpaired) electrons. The Labute approximate surface area is 182 Å². The summed E-state index contributed by atoms with van der Waals surface area (Å²) >= 11 is 0. The number of carbonyl (C=O) groups excluding carboxylic acids is 2. The summed E-state index contributed by atoms with van der Waals surface area (Å²) in [6.07, 6.45) is 0.338. The molecule has 0 aliphatic carbocycles. The molecule has 1 aromatic heterocycles. The zero-order valence-corrected chi connectivity index (χ0v) is 19.2. The summed E-state index contributed by atoms with van der Waals surface area (Å²) in [4.78, 5) is 53.8. The first-order chi connectivity index (χ1) is 14.5. The van der Waals surface area contributed by atoms with Gasteiger partial charge in [0.05, 0.1) is 13.2 Å². The van der Waals surface area contributed by atoms with E-state index in [4.69, 9.17) is 10.5 Å². The number of hydrogen-bond donors (Lipinski definition) is 1. The van der Waals surface area contributed by atoms with Gasteiger partial charge in [-0.25, -0.2) is 9.59 Å². The molecule has 2 rings (SSSR count). The Kier molecular flexibility index (Phi) is 8.43. The summed E-state index contributed by atoms with van der Waals surface area (Å²) in [6.45, 7) is 10.5. The highest BCUT2D eigenvalue weighted by molar-refractivity contribution is 6.01. The minimum atomic E-state index is -0.679. The molecule has 1 aliphatic rings. The molecule has 0 spiro atoms. The van der Waals surface area contributed by atoms with Crippen LogP contribution in [0.3, 0.4) is 0 Å². The van der Waals surface area contributed by atoms with Gasteiger partial charge in [0.2, 0.25) is 0 Å². The van der Waals surface area contributed by atoms with Gasteiger partial charge in [-0.3, -0.25) is 23.6 Å². The van der Waals surface area contributed by atoms with Crippen LogP contribution >= 0.6 is 0 Å². The van der Waals surface area contributed by atoms with Gasteiger partial charge in [-0.1, -0.05) is 27.7 Å². The maximum absolute atomic E-state index is 13.0. The van der Waals surface area contributed by atoms with Crippen molar-refractivity contribution in [3.05, 3.63) is 26.4 Å². The zero-order chi connectivity index (χ0) is 23.3. The van der Waals surface area contributed by atoms with Gasteiger partial charge in [0.1, 0.15) is 11.4 Å². The van der Waals surface area contributed by atoms with Crippen molar-refractivity contribution in [2.45, 2.75) is 40.7 Å². The number of Topliss-reactive ketones (excluding diaryl/α,β-unsaturated/α-hetero) is 1. The molecule has 2 heterocycles. The lowest BCUT2D eigenvalue weighted by atomic mass is 10.1. The quantitative estimate of drug-likeness (QED) is 0.626. The predicted molar refractivity (Wildman–Crippen MR) is 118 cm³/mol. The second-order valence-electron chi connectivity index (χ2n) is 8.92. The van der Waals surface area contributed by atoms with Gasteiger partial charge in [0.15, 0.2) is 5.78 Å². The lowest BCUT2D eigenvalue weighted by Crippen LogP contribution is -2.45. The van der Waals surface area contributed by atoms with Crippen LogP contribution in [0.5, 0.6) is 0 Å². The van der Waals surface area contributed by atoms with Crippen LogP contribution in [0.1, 0.15) is 44.5 Å². The van der Waals surface area contributed by atoms with Crippen molar-refractivity contribution in [3.8, 4) is 0 Å². The Morgan fingerprint density at radius 2 is 1.71 bits per heavy atom. The van der Waals surface area contributed by atoms with Crippen LogP contribution in [-0.2, 0) is 18.3 Å². The molecule has 31 heavy (non-hydrogen) atoms. The molecule has 1 aliphatic heterocycles. The van der Waals surface area contributed by atoms with Crippen LogP contribution < -0.4 is 17.0 Å². The van der Waals surface area contributed by atoms with Crippen LogP contribution in [0.15, 0.2) is 9.59 Å². The minimum absolute atomic E-state index is 0.00575. The first-order valence-electron chi connectivity index (χ1n) is 10.8. The van der Waals surface area contributed by atoms with Crippen molar-refractivity contribution >= 4 is 17.7 Å². The van der Waals surface area contributed by atoms with E-state index in [2.05, 4.69) is 0 Å². The molecule has 0 aromatic carbocycles. The number of nitrogens with zero attached hydrogens (tertiary/aromatic N) is 4. The molecule has 10 heteroatoms. The molecule has 174 valence electrons. The van der Waals surface area contributed by atoms with E-state index in [9.17, 15) is 19.2 Å². The average Bonchev–Trinajstić information content (AvgIpc) is 2.93. The van der Waals surface area contributed by atoms with Crippen LogP contribution in [0.2, 0.25) is 0 Å². The van der Waals surface area contributed by atoms with Gasteiger partial charge in [0.25, 0.3) is 5.56 Å². The van der Waals surface area contributed by atoms with Crippen molar-refractivity contribution in [2.75, 3.05) is 45.1 Å². The Morgan fingerprint density at radius 3 is 2.32 bits per heavy atom. The molecule has 2 N–H and O–H groups in total. The molecule has 0 saturated carbocycles. The molecular formula is C21H35N5O5. The zero-order valence-electron chi connectivity index (χ0n) is 19.2. The van der Waals surface area contributed by atoms with Gasteiger partial charge in [-0.05, 0) is 18.3 Å². The van der Waals surface area contributed by atoms with Crippen molar-refractivity contribution < 1.29 is 14.3 Å². The van der Waals surface area contributed by atoms with E-state index in [1.807, 2.05) is 32.6 Å². The topological polar surface area (TPSA) is 120 Å². The number of ether oxygens (including phenoxy) is 1. The first-order valence-corrected chi connectivity index (χ1v) is 10.8. The maximum atomic E-state index is 13.0. The average molecular weight is 438 g/mol. The SMILES string of the molecule is CC(C)COC(=O)N1CCCN(CC(=O)c2c(N)n(CC(C)C)c(=O)n(C)c2=O)CC1. The Bertz CT molecular complexity index is 918. The number of nitrogens with two attached hydrogens (primary N) is 1. The van der Waals surface area contributed by atoms with E-state index in [0.717, 1.165) is 4.57 Å². The highest BCUT2D eigenvalue weighted by Gasteiger charge is 2.26. The van der Waals surface area contributed by atoms with E-state index < -0.39 is 17.0 Å². The Morgan fingerprint density at radius 1 is 1.03 bits per heavy atom. The normalized spacial score (nSPS) is 15.4. The molecule has 1 saturated heterocycles. The summed E-state index contributed by atoms with van der Waals surface area (Å²) < 4.78 is 7.51. The number of ketones is 1. The van der Waals surface area contributed by atoms with E-state index in [0.29, 0.717) is 45.8 Å². The standard InChI is InChI=1S/C21H35N5O5/c1-14(2)11-26-18(22)17(19(28)23(5)20(26)29)16(27)12-24-7-6-8-25(10-9-24)21(30)31-13-15(3)4/h14-15H,6-13,22H2,1-5H3. The minimum Gasteiger partial charge on any atom is -0.449 e. The molecule has 0 unspecified atom stereocenters. The largest absolute Gasteiger partial charge is 0.449 e. The van der Waals surface area contributed by atoms with Crippen LogP contribution in [0, 0.1) is 11.8 Å². The molecule has 0 bridgehead atoms. The fourth-order valence-corrected chi connectivity index (χ4v) is 3.51. The molecule has 0 atom stereocenters. The van der Waals surface area contributed by atoms with Gasteiger partial charge in [-0.15, -0.1) is 0 Å². The number of rotatable bonds is 7. The van der Waals surface area contributed by atoms with Crippen molar-refractivity contribution in [1.82, 2.24) is 18.9 Å². The summed E-state index contributed by atoms with van der Waals surface area (Å²) in [7, 11) is 1.35. The summed E-state index contributed by atoms with van der Waals surface area (Å²) in [5.74, 6) is -0.128. The molecule has 1 fully saturated rings. The lowest BCUT2D eigenvalue weighted by molar-refractivity contribution is 0.0905. The third-order valence-corrected chi connectivity index (χ3v) is 5.16. The first kappa shape index (κ1) is 24.6. The second-order valence-corrected chi connectivity index (χ2v) is 8.92. The highest BCUT2D eigenvalue weighted by atomic mass is 16.6. The van der Waals surface area contributed by atoms with Crippen LogP contribution in [0.25, 0.3) is 0 Å². The third kappa shape index (κ3) is 6.19. The van der Waals surface area contributed by atoms with Gasteiger partial charge >= 0.3 is 11.8 Å². The highest BCUT2D eigenvalue weighted by Crippen LogP contribution is 2.11. The Balaban J connectivity index is 2.13. The second kappa shape index (κ2) is 10.6. The third-order valence-electron chi connectivity index (χ3n) is 5.16. The van der Waals surface area contributed by atoms with Crippen molar-refractivity contribution in [2.24, 2.45) is 18.9 Å². The number of anilines is 1. The number of amides is 1.